The van der Waals surface area contributed by atoms with Crippen LogP contribution in [0.15, 0.2) is 12.3 Å². The molecule has 1 rings (SSSR count). The van der Waals surface area contributed by atoms with Crippen molar-refractivity contribution < 1.29 is 4.92 Å². The van der Waals surface area contributed by atoms with Crippen molar-refractivity contribution in [3.63, 3.8) is 0 Å². The first-order chi connectivity index (χ1) is 9.63. The molecule has 0 aliphatic rings. The number of unbranched alkanes of at least 4 members (excludes halogenated alkanes) is 1. The van der Waals surface area contributed by atoms with E-state index in [0.717, 1.165) is 32.1 Å². The van der Waals surface area contributed by atoms with E-state index in [9.17, 15) is 10.1 Å². The van der Waals surface area contributed by atoms with Crippen molar-refractivity contribution in [3.8, 4) is 6.07 Å². The highest BCUT2D eigenvalue weighted by atomic mass is 16.6. The Kier molecular flexibility index (Phi) is 6.44. The Hall–Kier alpha value is -2.16. The van der Waals surface area contributed by atoms with Gasteiger partial charge in [0.2, 0.25) is 5.82 Å². The Labute approximate surface area is 119 Å². The summed E-state index contributed by atoms with van der Waals surface area (Å²) in [6, 6.07) is 3.36. The molecule has 0 bridgehead atoms. The zero-order valence-corrected chi connectivity index (χ0v) is 11.9. The fraction of sp³-hybridized carbons (Fsp3) is 0.571. The van der Waals surface area contributed by atoms with Gasteiger partial charge in [0.05, 0.1) is 4.92 Å². The molecule has 1 atom stereocenters. The standard InChI is InChI=1S/C14H20N4O2/c1-3-5-7-12(6-4-2)17-14-13(18(19)20)11(10-15)8-9-16-14/h8-9,12H,3-7H2,1-2H3,(H,16,17). The van der Waals surface area contributed by atoms with E-state index in [0.29, 0.717) is 0 Å². The van der Waals surface area contributed by atoms with Gasteiger partial charge in [-0.2, -0.15) is 5.26 Å². The molecule has 0 aliphatic heterocycles. The zero-order chi connectivity index (χ0) is 15.0. The number of pyridine rings is 1. The number of anilines is 1. The van der Waals surface area contributed by atoms with Crippen molar-refractivity contribution in [1.82, 2.24) is 4.98 Å². The Bertz CT molecular complexity index is 496. The maximum atomic E-state index is 11.1. The Morgan fingerprint density at radius 3 is 2.75 bits per heavy atom. The Balaban J connectivity index is 3.00. The van der Waals surface area contributed by atoms with E-state index in [2.05, 4.69) is 24.1 Å². The van der Waals surface area contributed by atoms with Crippen molar-refractivity contribution in [3.05, 3.63) is 27.9 Å². The topological polar surface area (TPSA) is 91.8 Å². The van der Waals surface area contributed by atoms with Gasteiger partial charge in [0.25, 0.3) is 0 Å². The summed E-state index contributed by atoms with van der Waals surface area (Å²) in [5.74, 6) is 0.198. The van der Waals surface area contributed by atoms with Crippen LogP contribution in [0, 0.1) is 21.4 Å². The second-order valence-corrected chi connectivity index (χ2v) is 4.70. The quantitative estimate of drug-likeness (QED) is 0.578. The summed E-state index contributed by atoms with van der Waals surface area (Å²) in [4.78, 5) is 14.6. The first kappa shape index (κ1) is 15.9. The molecule has 108 valence electrons. The van der Waals surface area contributed by atoms with Crippen molar-refractivity contribution in [2.24, 2.45) is 0 Å². The van der Waals surface area contributed by atoms with Gasteiger partial charge in [-0.25, -0.2) is 4.98 Å². The fourth-order valence-corrected chi connectivity index (χ4v) is 2.12. The third-order valence-corrected chi connectivity index (χ3v) is 3.11. The number of nitrogens with one attached hydrogen (secondary N) is 1. The molecule has 20 heavy (non-hydrogen) atoms. The van der Waals surface area contributed by atoms with Crippen LogP contribution in [0.25, 0.3) is 0 Å². The molecular weight excluding hydrogens is 256 g/mol. The Morgan fingerprint density at radius 2 is 2.20 bits per heavy atom. The van der Waals surface area contributed by atoms with Gasteiger partial charge in [0.15, 0.2) is 0 Å². The third kappa shape index (κ3) is 4.19. The summed E-state index contributed by atoms with van der Waals surface area (Å²) >= 11 is 0. The van der Waals surface area contributed by atoms with Crippen molar-refractivity contribution in [2.45, 2.75) is 52.0 Å². The first-order valence-corrected chi connectivity index (χ1v) is 6.94. The van der Waals surface area contributed by atoms with Gasteiger partial charge in [0, 0.05) is 12.2 Å². The molecule has 0 amide bonds. The lowest BCUT2D eigenvalue weighted by molar-refractivity contribution is -0.384. The number of hydrogen-bond donors (Lipinski definition) is 1. The summed E-state index contributed by atoms with van der Waals surface area (Å²) in [5.41, 5.74) is -0.189. The number of nitriles is 1. The first-order valence-electron chi connectivity index (χ1n) is 6.94. The average molecular weight is 276 g/mol. The van der Waals surface area contributed by atoms with Crippen LogP contribution >= 0.6 is 0 Å². The van der Waals surface area contributed by atoms with E-state index < -0.39 is 4.92 Å². The largest absolute Gasteiger partial charge is 0.362 e. The van der Waals surface area contributed by atoms with Crippen LogP contribution < -0.4 is 5.32 Å². The second kappa shape index (κ2) is 8.10. The van der Waals surface area contributed by atoms with Gasteiger partial charge in [0.1, 0.15) is 11.6 Å². The molecule has 1 aromatic rings. The minimum absolute atomic E-state index is 0.0400. The SMILES string of the molecule is CCCCC(CCC)Nc1nccc(C#N)c1[N+](=O)[O-]. The minimum atomic E-state index is -0.545. The fourth-order valence-electron chi connectivity index (χ4n) is 2.12. The molecule has 0 aliphatic carbocycles. The summed E-state index contributed by atoms with van der Waals surface area (Å²) < 4.78 is 0. The molecule has 0 fully saturated rings. The highest BCUT2D eigenvalue weighted by Gasteiger charge is 2.22. The van der Waals surface area contributed by atoms with Crippen LogP contribution in [0.3, 0.4) is 0 Å². The lowest BCUT2D eigenvalue weighted by Crippen LogP contribution is -2.21. The lowest BCUT2D eigenvalue weighted by atomic mass is 10.0. The number of hydrogen-bond acceptors (Lipinski definition) is 5. The lowest BCUT2D eigenvalue weighted by Gasteiger charge is -2.18. The molecule has 0 radical (unpaired) electrons. The van der Waals surface area contributed by atoms with Crippen LogP contribution in [0.2, 0.25) is 0 Å². The predicted molar refractivity (Wildman–Crippen MR) is 77.5 cm³/mol. The maximum Gasteiger partial charge on any atom is 0.328 e. The third-order valence-electron chi connectivity index (χ3n) is 3.11. The van der Waals surface area contributed by atoms with Gasteiger partial charge < -0.3 is 5.32 Å². The van der Waals surface area contributed by atoms with E-state index in [-0.39, 0.29) is 23.1 Å². The van der Waals surface area contributed by atoms with Crippen molar-refractivity contribution >= 4 is 11.5 Å². The van der Waals surface area contributed by atoms with Crippen LogP contribution in [0.4, 0.5) is 11.5 Å². The molecular formula is C14H20N4O2. The molecule has 6 nitrogen and oxygen atoms in total. The number of rotatable bonds is 8. The molecule has 0 saturated heterocycles. The van der Waals surface area contributed by atoms with Crippen LogP contribution in [-0.2, 0) is 0 Å². The molecule has 1 unspecified atom stereocenters. The van der Waals surface area contributed by atoms with Gasteiger partial charge in [-0.05, 0) is 18.9 Å². The molecule has 0 saturated carbocycles. The molecule has 0 spiro atoms. The molecule has 6 heteroatoms. The summed E-state index contributed by atoms with van der Waals surface area (Å²) in [5, 5.41) is 23.2. The summed E-state index contributed by atoms with van der Waals surface area (Å²) in [6.07, 6.45) is 6.43. The zero-order valence-electron chi connectivity index (χ0n) is 11.9. The van der Waals surface area contributed by atoms with E-state index in [1.165, 1.54) is 12.3 Å². The molecule has 1 aromatic heterocycles. The van der Waals surface area contributed by atoms with Crippen LogP contribution in [0.1, 0.15) is 51.5 Å². The van der Waals surface area contributed by atoms with Crippen LogP contribution in [-0.4, -0.2) is 15.9 Å². The molecule has 0 aromatic carbocycles. The number of nitrogens with zero attached hydrogens (tertiary/aromatic N) is 3. The highest BCUT2D eigenvalue weighted by molar-refractivity contribution is 5.64. The summed E-state index contributed by atoms with van der Waals surface area (Å²) in [7, 11) is 0. The van der Waals surface area contributed by atoms with E-state index in [1.54, 1.807) is 0 Å². The van der Waals surface area contributed by atoms with Gasteiger partial charge in [-0.1, -0.05) is 33.1 Å². The minimum Gasteiger partial charge on any atom is -0.362 e. The average Bonchev–Trinajstić information content (AvgIpc) is 2.44. The predicted octanol–water partition coefficient (Wildman–Crippen LogP) is 3.63. The smallest absolute Gasteiger partial charge is 0.328 e. The molecule has 1 heterocycles. The van der Waals surface area contributed by atoms with Gasteiger partial charge in [-0.15, -0.1) is 0 Å². The van der Waals surface area contributed by atoms with Gasteiger partial charge >= 0.3 is 5.69 Å². The Morgan fingerprint density at radius 1 is 1.45 bits per heavy atom. The van der Waals surface area contributed by atoms with Crippen molar-refractivity contribution in [2.75, 3.05) is 5.32 Å². The number of nitro groups is 1. The van der Waals surface area contributed by atoms with Crippen molar-refractivity contribution in [1.29, 1.82) is 5.26 Å². The normalized spacial score (nSPS) is 11.7. The van der Waals surface area contributed by atoms with E-state index in [1.807, 2.05) is 6.07 Å². The van der Waals surface area contributed by atoms with E-state index >= 15 is 0 Å². The highest BCUT2D eigenvalue weighted by Crippen LogP contribution is 2.27. The number of aromatic nitrogens is 1. The maximum absolute atomic E-state index is 11.1. The monoisotopic (exact) mass is 276 g/mol. The van der Waals surface area contributed by atoms with Gasteiger partial charge in [-0.3, -0.25) is 10.1 Å². The second-order valence-electron chi connectivity index (χ2n) is 4.70. The van der Waals surface area contributed by atoms with Crippen LogP contribution in [0.5, 0.6) is 0 Å². The summed E-state index contributed by atoms with van der Waals surface area (Å²) in [6.45, 7) is 4.19. The van der Waals surface area contributed by atoms with E-state index in [4.69, 9.17) is 5.26 Å². The molecule has 1 N–H and O–H groups in total.